The molecule has 1 aliphatic rings. The summed E-state index contributed by atoms with van der Waals surface area (Å²) in [6.45, 7) is 2.05. The monoisotopic (exact) mass is 254 g/mol. The predicted octanol–water partition coefficient (Wildman–Crippen LogP) is 1.44. The Balaban J connectivity index is 2.41. The molecule has 1 fully saturated rings. The van der Waals surface area contributed by atoms with Crippen molar-refractivity contribution in [1.29, 1.82) is 0 Å². The van der Waals surface area contributed by atoms with Crippen LogP contribution in [0.4, 0.5) is 18.0 Å². The maximum absolute atomic E-state index is 11.8. The number of amides is 1. The van der Waals surface area contributed by atoms with Crippen molar-refractivity contribution in [3.8, 4) is 0 Å². The average Bonchev–Trinajstić information content (AvgIpc) is 2.27. The van der Waals surface area contributed by atoms with Crippen LogP contribution in [0.5, 0.6) is 0 Å². The molecule has 0 saturated carbocycles. The zero-order chi connectivity index (χ0) is 12.9. The first-order valence-corrected chi connectivity index (χ1v) is 5.00. The second kappa shape index (κ2) is 5.85. The summed E-state index contributed by atoms with van der Waals surface area (Å²) in [4.78, 5) is 16.2. The maximum atomic E-state index is 11.8. The summed E-state index contributed by atoms with van der Waals surface area (Å²) in [7, 11) is 0. The highest BCUT2D eigenvalue weighted by Gasteiger charge is 2.29. The number of hydrogen-bond acceptors (Lipinski definition) is 3. The van der Waals surface area contributed by atoms with E-state index in [2.05, 4.69) is 9.73 Å². The first-order chi connectivity index (χ1) is 7.88. The number of morpholine rings is 1. The molecular weight excluding hydrogens is 241 g/mol. The quantitative estimate of drug-likeness (QED) is 0.524. The molecule has 98 valence electrons. The van der Waals surface area contributed by atoms with Gasteiger partial charge in [-0.3, -0.25) is 0 Å². The Morgan fingerprint density at radius 3 is 2.53 bits per heavy atom. The van der Waals surface area contributed by atoms with E-state index in [9.17, 15) is 18.0 Å². The Morgan fingerprint density at radius 1 is 1.41 bits per heavy atom. The molecule has 1 saturated heterocycles. The molecule has 0 aliphatic carbocycles. The molecule has 1 amide bonds. The van der Waals surface area contributed by atoms with E-state index in [-0.39, 0.29) is 0 Å². The van der Waals surface area contributed by atoms with Crippen LogP contribution in [-0.2, 0) is 9.47 Å². The minimum Gasteiger partial charge on any atom is -0.438 e. The molecule has 0 unspecified atom stereocenters. The molecular formula is C9H13F3N2O3. The van der Waals surface area contributed by atoms with Gasteiger partial charge in [-0.25, -0.2) is 4.79 Å². The van der Waals surface area contributed by atoms with Crippen LogP contribution in [-0.4, -0.2) is 55.9 Å². The van der Waals surface area contributed by atoms with Crippen molar-refractivity contribution >= 4 is 11.9 Å². The minimum absolute atomic E-state index is 0.334. The highest BCUT2D eigenvalue weighted by atomic mass is 19.4. The lowest BCUT2D eigenvalue weighted by molar-refractivity contribution is -0.159. The second-order valence-electron chi connectivity index (χ2n) is 3.43. The summed E-state index contributed by atoms with van der Waals surface area (Å²) >= 11 is 0. The summed E-state index contributed by atoms with van der Waals surface area (Å²) in [5.41, 5.74) is 0. The van der Waals surface area contributed by atoms with Crippen LogP contribution in [0, 0.1) is 0 Å². The molecule has 17 heavy (non-hydrogen) atoms. The highest BCUT2D eigenvalue weighted by molar-refractivity contribution is 5.90. The Labute approximate surface area is 96.2 Å². The molecule has 0 aromatic carbocycles. The number of alkyl halides is 3. The molecule has 0 radical (unpaired) electrons. The van der Waals surface area contributed by atoms with Crippen molar-refractivity contribution in [2.24, 2.45) is 4.99 Å². The van der Waals surface area contributed by atoms with Gasteiger partial charge in [0.2, 0.25) is 0 Å². The smallest absolute Gasteiger partial charge is 0.435 e. The van der Waals surface area contributed by atoms with E-state index in [1.807, 2.05) is 0 Å². The SMILES string of the molecule is C/C(=N/C(=O)OCC(F)(F)F)N1CCOCC1. The van der Waals surface area contributed by atoms with Crippen LogP contribution in [0.1, 0.15) is 6.92 Å². The van der Waals surface area contributed by atoms with Crippen LogP contribution < -0.4 is 0 Å². The fourth-order valence-corrected chi connectivity index (χ4v) is 1.27. The van der Waals surface area contributed by atoms with Gasteiger partial charge in [0.05, 0.1) is 13.2 Å². The zero-order valence-corrected chi connectivity index (χ0v) is 9.29. The number of hydrogen-bond donors (Lipinski definition) is 0. The van der Waals surface area contributed by atoms with Gasteiger partial charge in [0.25, 0.3) is 0 Å². The second-order valence-corrected chi connectivity index (χ2v) is 3.43. The third-order valence-corrected chi connectivity index (χ3v) is 2.08. The van der Waals surface area contributed by atoms with Crippen LogP contribution in [0.15, 0.2) is 4.99 Å². The van der Waals surface area contributed by atoms with Gasteiger partial charge in [-0.2, -0.15) is 18.2 Å². The average molecular weight is 254 g/mol. The number of rotatable bonds is 1. The number of halogens is 3. The van der Waals surface area contributed by atoms with Crippen molar-refractivity contribution in [3.63, 3.8) is 0 Å². The van der Waals surface area contributed by atoms with Crippen molar-refractivity contribution in [3.05, 3.63) is 0 Å². The molecule has 0 aromatic rings. The standard InChI is InChI=1S/C9H13F3N2O3/c1-7(14-2-4-16-5-3-14)13-8(15)17-6-9(10,11)12/h2-6H2,1H3/b13-7-. The lowest BCUT2D eigenvalue weighted by Crippen LogP contribution is -2.39. The lowest BCUT2D eigenvalue weighted by atomic mass is 10.4. The number of amidine groups is 1. The van der Waals surface area contributed by atoms with E-state index < -0.39 is 18.9 Å². The Kier molecular flexibility index (Phi) is 4.73. The van der Waals surface area contributed by atoms with Gasteiger partial charge in [0.1, 0.15) is 5.84 Å². The molecule has 1 rings (SSSR count). The fourth-order valence-electron chi connectivity index (χ4n) is 1.27. The first-order valence-electron chi connectivity index (χ1n) is 5.00. The van der Waals surface area contributed by atoms with E-state index in [0.29, 0.717) is 32.1 Å². The molecule has 0 atom stereocenters. The largest absolute Gasteiger partial charge is 0.438 e. The molecule has 1 aliphatic heterocycles. The van der Waals surface area contributed by atoms with Crippen molar-refractivity contribution in [2.45, 2.75) is 13.1 Å². The predicted molar refractivity (Wildman–Crippen MR) is 52.9 cm³/mol. The van der Waals surface area contributed by atoms with E-state index >= 15 is 0 Å². The van der Waals surface area contributed by atoms with Gasteiger partial charge in [0, 0.05) is 13.1 Å². The summed E-state index contributed by atoms with van der Waals surface area (Å²) in [5, 5.41) is 0. The van der Waals surface area contributed by atoms with Crippen LogP contribution in [0.25, 0.3) is 0 Å². The van der Waals surface area contributed by atoms with Crippen LogP contribution in [0.2, 0.25) is 0 Å². The lowest BCUT2D eigenvalue weighted by Gasteiger charge is -2.27. The maximum Gasteiger partial charge on any atom is 0.435 e. The zero-order valence-electron chi connectivity index (χ0n) is 9.29. The summed E-state index contributed by atoms with van der Waals surface area (Å²) in [6, 6.07) is 0. The molecule has 0 aromatic heterocycles. The van der Waals surface area contributed by atoms with E-state index in [1.165, 1.54) is 0 Å². The number of ether oxygens (including phenoxy) is 2. The molecule has 0 N–H and O–H groups in total. The fraction of sp³-hybridized carbons (Fsp3) is 0.778. The number of carbonyl (C=O) groups excluding carboxylic acids is 1. The Morgan fingerprint density at radius 2 is 2.00 bits per heavy atom. The summed E-state index contributed by atoms with van der Waals surface area (Å²) < 4.78 is 44.3. The normalized spacial score (nSPS) is 18.1. The minimum atomic E-state index is -4.53. The Hall–Kier alpha value is -1.31. The highest BCUT2D eigenvalue weighted by Crippen LogP contribution is 2.14. The molecule has 5 nitrogen and oxygen atoms in total. The van der Waals surface area contributed by atoms with Gasteiger partial charge in [-0.1, -0.05) is 0 Å². The van der Waals surface area contributed by atoms with Crippen LogP contribution in [0.3, 0.4) is 0 Å². The first kappa shape index (κ1) is 13.8. The van der Waals surface area contributed by atoms with Crippen molar-refractivity contribution < 1.29 is 27.4 Å². The van der Waals surface area contributed by atoms with Gasteiger partial charge in [-0.05, 0) is 6.92 Å². The molecule has 1 heterocycles. The third kappa shape index (κ3) is 5.53. The third-order valence-electron chi connectivity index (χ3n) is 2.08. The van der Waals surface area contributed by atoms with E-state index in [4.69, 9.17) is 4.74 Å². The number of aliphatic imine (C=N–C) groups is 1. The van der Waals surface area contributed by atoms with E-state index in [1.54, 1.807) is 11.8 Å². The van der Waals surface area contributed by atoms with Crippen molar-refractivity contribution in [2.75, 3.05) is 32.9 Å². The number of carbonyl (C=O) groups is 1. The van der Waals surface area contributed by atoms with E-state index in [0.717, 1.165) is 0 Å². The summed E-state index contributed by atoms with van der Waals surface area (Å²) in [5.74, 6) is 0.334. The summed E-state index contributed by atoms with van der Waals surface area (Å²) in [6.07, 6.45) is -5.76. The van der Waals surface area contributed by atoms with Crippen LogP contribution >= 0.6 is 0 Å². The van der Waals surface area contributed by atoms with Gasteiger partial charge in [0.15, 0.2) is 6.61 Å². The van der Waals surface area contributed by atoms with Gasteiger partial charge in [-0.15, -0.1) is 0 Å². The molecule has 0 bridgehead atoms. The molecule has 0 spiro atoms. The topological polar surface area (TPSA) is 51.1 Å². The Bertz CT molecular complexity index is 298. The number of nitrogens with zero attached hydrogens (tertiary/aromatic N) is 2. The van der Waals surface area contributed by atoms with Crippen molar-refractivity contribution in [1.82, 2.24) is 4.90 Å². The van der Waals surface area contributed by atoms with Gasteiger partial charge < -0.3 is 14.4 Å². The van der Waals surface area contributed by atoms with Gasteiger partial charge >= 0.3 is 12.3 Å². The molecule has 8 heteroatoms.